The quantitative estimate of drug-likeness (QED) is 0.270. The Kier molecular flexibility index (Phi) is 3.95. The van der Waals surface area contributed by atoms with Crippen LogP contribution in [0.1, 0.15) is 23.4 Å². The number of hydrogen-bond acceptors (Lipinski definition) is 3. The number of aromatic nitrogens is 1. The molecule has 30 heavy (non-hydrogen) atoms. The predicted molar refractivity (Wildman–Crippen MR) is 122 cm³/mol. The largest absolute Gasteiger partial charge is 0.317 e. The number of rotatable bonds is 3. The number of halogens is 1. The Balaban J connectivity index is 1.32. The van der Waals surface area contributed by atoms with Crippen molar-refractivity contribution in [1.82, 2.24) is 9.58 Å². The zero-order chi connectivity index (χ0) is 20.7. The molecular formula is C24H22IN3O2. The summed E-state index contributed by atoms with van der Waals surface area (Å²) in [6, 6.07) is 10.3. The van der Waals surface area contributed by atoms with Gasteiger partial charge < -0.3 is 4.57 Å². The Bertz CT molecular complexity index is 1130. The van der Waals surface area contributed by atoms with Gasteiger partial charge in [-0.05, 0) is 84.7 Å². The molecule has 0 radical (unpaired) electrons. The third-order valence-electron chi connectivity index (χ3n) is 7.52. The summed E-state index contributed by atoms with van der Waals surface area (Å²) in [4.78, 5) is 26.2. The number of nitrogens with zero attached hydrogens (tertiary/aromatic N) is 3. The van der Waals surface area contributed by atoms with Gasteiger partial charge in [0, 0.05) is 20.5 Å². The summed E-state index contributed by atoms with van der Waals surface area (Å²) >= 11 is 2.34. The molecule has 6 atom stereocenters. The Morgan fingerprint density at radius 2 is 1.67 bits per heavy atom. The van der Waals surface area contributed by atoms with Gasteiger partial charge in [-0.1, -0.05) is 24.3 Å². The van der Waals surface area contributed by atoms with Crippen LogP contribution in [0.3, 0.4) is 0 Å². The number of allylic oxidation sites excluding steroid dienone is 2. The SMILES string of the molecule is Cc1cc(/C=N\N2C(=O)[C@@H]3[C@H]4C=C[C@@H]([C@@H]5C[C@@H]45)[C@@H]3C2=O)c(C)n1-c1ccccc1I. The second-order valence-electron chi connectivity index (χ2n) is 9.00. The van der Waals surface area contributed by atoms with E-state index in [1.807, 2.05) is 19.1 Å². The van der Waals surface area contributed by atoms with Gasteiger partial charge >= 0.3 is 0 Å². The van der Waals surface area contributed by atoms with Crippen LogP contribution < -0.4 is 0 Å². The number of hydrogen-bond donors (Lipinski definition) is 0. The lowest BCUT2D eigenvalue weighted by Crippen LogP contribution is -2.40. The van der Waals surface area contributed by atoms with E-state index in [0.29, 0.717) is 11.8 Å². The van der Waals surface area contributed by atoms with Crippen molar-refractivity contribution in [3.05, 3.63) is 63.0 Å². The first-order valence-electron chi connectivity index (χ1n) is 10.5. The fourth-order valence-corrected chi connectivity index (χ4v) is 6.73. The van der Waals surface area contributed by atoms with Crippen molar-refractivity contribution in [2.45, 2.75) is 20.3 Å². The number of carbonyl (C=O) groups excluding carboxylic acids is 2. The first-order valence-corrected chi connectivity index (χ1v) is 11.6. The number of amides is 2. The third-order valence-corrected chi connectivity index (χ3v) is 8.43. The van der Waals surface area contributed by atoms with E-state index < -0.39 is 0 Å². The standard InChI is InChI=1S/C24H22IN3O2/c1-12-9-14(13(2)27(12)20-6-4-3-5-19(20)25)11-26-28-23(29)21-15-7-8-16(18-10-17(15)18)22(21)24(28)30/h3-9,11,15-18,21-22H,10H2,1-2H3/b26-11-/t15-,16-,17-,18-,21-,22+/m0/s1. The molecule has 7 rings (SSSR count). The van der Waals surface area contributed by atoms with E-state index in [1.54, 1.807) is 6.21 Å². The topological polar surface area (TPSA) is 54.7 Å². The van der Waals surface area contributed by atoms with Gasteiger partial charge in [-0.3, -0.25) is 9.59 Å². The highest BCUT2D eigenvalue weighted by atomic mass is 127. The number of aryl methyl sites for hydroxylation is 1. The molecule has 0 unspecified atom stereocenters. The second-order valence-corrected chi connectivity index (χ2v) is 10.2. The highest BCUT2D eigenvalue weighted by Crippen LogP contribution is 2.65. The van der Waals surface area contributed by atoms with Crippen molar-refractivity contribution in [2.24, 2.45) is 40.6 Å². The molecule has 2 bridgehead atoms. The van der Waals surface area contributed by atoms with Crippen LogP contribution in [0.15, 0.2) is 47.6 Å². The van der Waals surface area contributed by atoms with E-state index >= 15 is 0 Å². The highest BCUT2D eigenvalue weighted by molar-refractivity contribution is 14.1. The van der Waals surface area contributed by atoms with Crippen molar-refractivity contribution in [3.63, 3.8) is 0 Å². The number of para-hydroxylation sites is 1. The van der Waals surface area contributed by atoms with Crippen LogP contribution in [-0.2, 0) is 9.59 Å². The van der Waals surface area contributed by atoms with Crippen molar-refractivity contribution in [2.75, 3.05) is 0 Å². The molecule has 3 fully saturated rings. The van der Waals surface area contributed by atoms with Crippen molar-refractivity contribution < 1.29 is 9.59 Å². The molecule has 5 aliphatic rings. The molecule has 1 saturated heterocycles. The van der Waals surface area contributed by atoms with Crippen LogP contribution in [0.25, 0.3) is 5.69 Å². The molecule has 2 heterocycles. The van der Waals surface area contributed by atoms with Gasteiger partial charge in [0.15, 0.2) is 0 Å². The van der Waals surface area contributed by atoms with Crippen molar-refractivity contribution in [3.8, 4) is 5.69 Å². The second kappa shape index (κ2) is 6.39. The minimum Gasteiger partial charge on any atom is -0.317 e. The van der Waals surface area contributed by atoms with Gasteiger partial charge in [0.25, 0.3) is 11.8 Å². The normalized spacial score (nSPS) is 33.5. The zero-order valence-corrected chi connectivity index (χ0v) is 19.0. The number of carbonyl (C=O) groups is 2. The molecule has 1 aromatic carbocycles. The van der Waals surface area contributed by atoms with E-state index in [2.05, 4.69) is 69.5 Å². The van der Waals surface area contributed by atoms with Crippen LogP contribution in [-0.4, -0.2) is 27.6 Å². The molecule has 4 aliphatic carbocycles. The van der Waals surface area contributed by atoms with E-state index in [0.717, 1.165) is 31.2 Å². The first-order chi connectivity index (χ1) is 14.5. The van der Waals surface area contributed by atoms with Crippen LogP contribution in [0.2, 0.25) is 0 Å². The Hall–Kier alpha value is -2.22. The van der Waals surface area contributed by atoms with E-state index in [1.165, 1.54) is 6.42 Å². The fraction of sp³-hybridized carbons (Fsp3) is 0.375. The minimum absolute atomic E-state index is 0.114. The molecule has 152 valence electrons. The Morgan fingerprint density at radius 1 is 1.03 bits per heavy atom. The smallest absolute Gasteiger partial charge is 0.254 e. The van der Waals surface area contributed by atoms with Crippen molar-refractivity contribution >= 4 is 40.6 Å². The molecule has 2 amide bonds. The summed E-state index contributed by atoms with van der Waals surface area (Å²) in [6.07, 6.45) is 7.22. The Morgan fingerprint density at radius 3 is 2.30 bits per heavy atom. The van der Waals surface area contributed by atoms with E-state index in [4.69, 9.17) is 0 Å². The third kappa shape index (κ3) is 2.43. The molecule has 2 saturated carbocycles. The maximum atomic E-state index is 13.1. The van der Waals surface area contributed by atoms with Crippen LogP contribution >= 0.6 is 22.6 Å². The molecule has 2 aromatic rings. The number of benzene rings is 1. The lowest BCUT2D eigenvalue weighted by molar-refractivity contribution is -0.140. The van der Waals surface area contributed by atoms with Gasteiger partial charge in [0.05, 0.1) is 23.7 Å². The van der Waals surface area contributed by atoms with E-state index in [9.17, 15) is 9.59 Å². The lowest BCUT2D eigenvalue weighted by Gasteiger charge is -2.37. The molecule has 1 aromatic heterocycles. The van der Waals surface area contributed by atoms with Gasteiger partial charge in [-0.2, -0.15) is 10.1 Å². The monoisotopic (exact) mass is 511 g/mol. The summed E-state index contributed by atoms with van der Waals surface area (Å²) in [5.41, 5.74) is 4.17. The Labute approximate surface area is 189 Å². The molecule has 0 spiro atoms. The molecule has 5 nitrogen and oxygen atoms in total. The zero-order valence-electron chi connectivity index (χ0n) is 16.8. The summed E-state index contributed by atoms with van der Waals surface area (Å²) in [6.45, 7) is 4.10. The van der Waals surface area contributed by atoms with Crippen molar-refractivity contribution in [1.29, 1.82) is 0 Å². The highest BCUT2D eigenvalue weighted by Gasteiger charge is 2.67. The number of imide groups is 1. The maximum absolute atomic E-state index is 13.1. The van der Waals surface area contributed by atoms with Crippen LogP contribution in [0.5, 0.6) is 0 Å². The van der Waals surface area contributed by atoms with Crippen LogP contribution in [0, 0.1) is 52.9 Å². The summed E-state index contributed by atoms with van der Waals surface area (Å²) in [5.74, 6) is 1.04. The molecule has 1 aliphatic heterocycles. The predicted octanol–water partition coefficient (Wildman–Crippen LogP) is 4.09. The first kappa shape index (κ1) is 18.5. The lowest BCUT2D eigenvalue weighted by atomic mass is 9.63. The molecule has 6 heteroatoms. The van der Waals surface area contributed by atoms with Gasteiger partial charge in [-0.25, -0.2) is 0 Å². The van der Waals surface area contributed by atoms with E-state index in [-0.39, 0.29) is 35.5 Å². The summed E-state index contributed by atoms with van der Waals surface area (Å²) in [5, 5.41) is 5.57. The van der Waals surface area contributed by atoms with Gasteiger partial charge in [0.1, 0.15) is 0 Å². The molecular weight excluding hydrogens is 489 g/mol. The fourth-order valence-electron chi connectivity index (χ4n) is 6.10. The maximum Gasteiger partial charge on any atom is 0.254 e. The average molecular weight is 511 g/mol. The minimum atomic E-state index is -0.202. The number of hydrazone groups is 1. The van der Waals surface area contributed by atoms with Gasteiger partial charge in [-0.15, -0.1) is 0 Å². The average Bonchev–Trinajstić information content (AvgIpc) is 3.46. The van der Waals surface area contributed by atoms with Crippen LogP contribution in [0.4, 0.5) is 0 Å². The summed E-state index contributed by atoms with van der Waals surface area (Å²) < 4.78 is 3.35. The molecule has 0 N–H and O–H groups in total. The van der Waals surface area contributed by atoms with Gasteiger partial charge in [0.2, 0.25) is 0 Å². The summed E-state index contributed by atoms with van der Waals surface area (Å²) in [7, 11) is 0.